The molecule has 24 heavy (non-hydrogen) atoms. The van der Waals surface area contributed by atoms with Crippen molar-refractivity contribution in [3.8, 4) is 0 Å². The Morgan fingerprint density at radius 2 is 1.88 bits per heavy atom. The summed E-state index contributed by atoms with van der Waals surface area (Å²) in [5.74, 6) is 0. The number of anilines is 1. The monoisotopic (exact) mass is 328 g/mol. The summed E-state index contributed by atoms with van der Waals surface area (Å²) in [5.41, 5.74) is 1.66. The van der Waals surface area contributed by atoms with Crippen molar-refractivity contribution < 1.29 is 4.92 Å². The summed E-state index contributed by atoms with van der Waals surface area (Å²) in [4.78, 5) is 15.3. The lowest BCUT2D eigenvalue weighted by Gasteiger charge is -2.47. The van der Waals surface area contributed by atoms with E-state index in [4.69, 9.17) is 0 Å². The van der Waals surface area contributed by atoms with Crippen LogP contribution in [0.25, 0.3) is 10.9 Å². The first-order chi connectivity index (χ1) is 11.2. The highest BCUT2D eigenvalue weighted by atomic mass is 16.6. The molecule has 1 aliphatic heterocycles. The standard InChI is InChI=1S/C18H24N4O2/c1-17(2)10-12(11-18(3,4)21-17)20-14-7-8-15(22(23)24)13-6-5-9-19-16(13)14/h5-9,12,20-21H,10-11H2,1-4H3. The van der Waals surface area contributed by atoms with E-state index >= 15 is 0 Å². The molecule has 0 radical (unpaired) electrons. The Bertz CT molecular complexity index is 770. The van der Waals surface area contributed by atoms with Crippen LogP contribution in [0.4, 0.5) is 11.4 Å². The zero-order valence-electron chi connectivity index (χ0n) is 14.6. The van der Waals surface area contributed by atoms with E-state index in [9.17, 15) is 10.1 Å². The van der Waals surface area contributed by atoms with E-state index in [0.717, 1.165) is 18.5 Å². The highest BCUT2D eigenvalue weighted by molar-refractivity contribution is 5.96. The minimum Gasteiger partial charge on any atom is -0.380 e. The zero-order valence-corrected chi connectivity index (χ0v) is 14.6. The predicted molar refractivity (Wildman–Crippen MR) is 96.3 cm³/mol. The molecule has 3 rings (SSSR count). The zero-order chi connectivity index (χ0) is 17.5. The van der Waals surface area contributed by atoms with Gasteiger partial charge in [0, 0.05) is 29.4 Å². The lowest BCUT2D eigenvalue weighted by Crippen LogP contribution is -2.60. The average Bonchev–Trinajstić information content (AvgIpc) is 2.44. The van der Waals surface area contributed by atoms with Gasteiger partial charge in [-0.15, -0.1) is 0 Å². The molecule has 0 bridgehead atoms. The van der Waals surface area contributed by atoms with Crippen LogP contribution in [0.5, 0.6) is 0 Å². The van der Waals surface area contributed by atoms with Crippen LogP contribution < -0.4 is 10.6 Å². The molecule has 0 saturated carbocycles. The molecule has 0 spiro atoms. The number of nitro groups is 1. The van der Waals surface area contributed by atoms with Crippen molar-refractivity contribution in [2.24, 2.45) is 0 Å². The summed E-state index contributed by atoms with van der Waals surface area (Å²) in [5, 5.41) is 19.0. The molecule has 2 heterocycles. The van der Waals surface area contributed by atoms with E-state index in [2.05, 4.69) is 43.3 Å². The molecule has 2 N–H and O–H groups in total. The number of hydrogen-bond donors (Lipinski definition) is 2. The van der Waals surface area contributed by atoms with Gasteiger partial charge in [-0.25, -0.2) is 0 Å². The Kier molecular flexibility index (Phi) is 3.95. The molecule has 2 aromatic rings. The number of aromatic nitrogens is 1. The van der Waals surface area contributed by atoms with Gasteiger partial charge in [-0.05, 0) is 58.7 Å². The van der Waals surface area contributed by atoms with Gasteiger partial charge in [0.1, 0.15) is 5.52 Å². The summed E-state index contributed by atoms with van der Waals surface area (Å²) < 4.78 is 0. The van der Waals surface area contributed by atoms with E-state index in [1.54, 1.807) is 30.5 Å². The lowest BCUT2D eigenvalue weighted by molar-refractivity contribution is -0.383. The first-order valence-electron chi connectivity index (χ1n) is 8.25. The summed E-state index contributed by atoms with van der Waals surface area (Å²) in [7, 11) is 0. The number of hydrogen-bond acceptors (Lipinski definition) is 5. The second-order valence-corrected chi connectivity index (χ2v) is 7.93. The van der Waals surface area contributed by atoms with Crippen molar-refractivity contribution in [2.75, 3.05) is 5.32 Å². The van der Waals surface area contributed by atoms with Crippen LogP contribution in [-0.2, 0) is 0 Å². The number of pyridine rings is 1. The Labute approximate surface area is 141 Å². The van der Waals surface area contributed by atoms with Crippen molar-refractivity contribution in [1.82, 2.24) is 10.3 Å². The second kappa shape index (κ2) is 5.70. The number of fused-ring (bicyclic) bond motifs is 1. The number of nitro benzene ring substituents is 1. The summed E-state index contributed by atoms with van der Waals surface area (Å²) in [6.45, 7) is 8.81. The van der Waals surface area contributed by atoms with Crippen LogP contribution in [0.3, 0.4) is 0 Å². The van der Waals surface area contributed by atoms with E-state index < -0.39 is 0 Å². The van der Waals surface area contributed by atoms with Gasteiger partial charge < -0.3 is 10.6 Å². The molecule has 0 amide bonds. The highest BCUT2D eigenvalue weighted by Gasteiger charge is 2.37. The van der Waals surface area contributed by atoms with Crippen LogP contribution in [0.1, 0.15) is 40.5 Å². The highest BCUT2D eigenvalue weighted by Crippen LogP contribution is 2.34. The van der Waals surface area contributed by atoms with Crippen LogP contribution >= 0.6 is 0 Å². The summed E-state index contributed by atoms with van der Waals surface area (Å²) in [6.07, 6.45) is 3.62. The third kappa shape index (κ3) is 3.33. The summed E-state index contributed by atoms with van der Waals surface area (Å²) in [6, 6.07) is 7.10. The topological polar surface area (TPSA) is 80.1 Å². The Morgan fingerprint density at radius 1 is 1.21 bits per heavy atom. The van der Waals surface area contributed by atoms with E-state index in [1.165, 1.54) is 0 Å². The predicted octanol–water partition coefficient (Wildman–Crippen LogP) is 3.86. The van der Waals surface area contributed by atoms with E-state index in [1.807, 2.05) is 0 Å². The van der Waals surface area contributed by atoms with Crippen molar-refractivity contribution in [3.63, 3.8) is 0 Å². The van der Waals surface area contributed by atoms with E-state index in [0.29, 0.717) is 10.9 Å². The molecule has 0 unspecified atom stereocenters. The Balaban J connectivity index is 1.96. The quantitative estimate of drug-likeness (QED) is 0.660. The van der Waals surface area contributed by atoms with E-state index in [-0.39, 0.29) is 27.7 Å². The summed E-state index contributed by atoms with van der Waals surface area (Å²) >= 11 is 0. The minimum atomic E-state index is -0.357. The van der Waals surface area contributed by atoms with Gasteiger partial charge in [0.25, 0.3) is 5.69 Å². The molecule has 1 aromatic heterocycles. The van der Waals surface area contributed by atoms with Crippen molar-refractivity contribution in [1.29, 1.82) is 0 Å². The van der Waals surface area contributed by atoms with Crippen molar-refractivity contribution >= 4 is 22.3 Å². The number of nitrogens with one attached hydrogen (secondary N) is 2. The maximum absolute atomic E-state index is 11.2. The molecule has 1 fully saturated rings. The molecular weight excluding hydrogens is 304 g/mol. The largest absolute Gasteiger partial charge is 0.380 e. The first kappa shape index (κ1) is 16.6. The smallest absolute Gasteiger partial charge is 0.278 e. The normalized spacial score (nSPS) is 20.0. The molecule has 128 valence electrons. The molecule has 0 atom stereocenters. The Morgan fingerprint density at radius 3 is 2.50 bits per heavy atom. The lowest BCUT2D eigenvalue weighted by atomic mass is 9.79. The number of non-ortho nitro benzene ring substituents is 1. The molecule has 1 aromatic carbocycles. The number of benzene rings is 1. The molecule has 1 aliphatic rings. The van der Waals surface area contributed by atoms with Crippen molar-refractivity contribution in [2.45, 2.75) is 57.7 Å². The molecule has 6 nitrogen and oxygen atoms in total. The maximum Gasteiger partial charge on any atom is 0.278 e. The Hall–Kier alpha value is -2.21. The third-order valence-electron chi connectivity index (χ3n) is 4.49. The number of nitrogens with zero attached hydrogens (tertiary/aromatic N) is 2. The average molecular weight is 328 g/mol. The molecule has 6 heteroatoms. The number of piperidine rings is 1. The molecule has 0 aliphatic carbocycles. The third-order valence-corrected chi connectivity index (χ3v) is 4.49. The van der Waals surface area contributed by atoms with Crippen molar-refractivity contribution in [3.05, 3.63) is 40.6 Å². The maximum atomic E-state index is 11.2. The fraction of sp³-hybridized carbons (Fsp3) is 0.500. The van der Waals surface area contributed by atoms with Gasteiger partial charge in [0.2, 0.25) is 0 Å². The van der Waals surface area contributed by atoms with Gasteiger partial charge >= 0.3 is 0 Å². The van der Waals surface area contributed by atoms with Gasteiger partial charge in [0.15, 0.2) is 0 Å². The fourth-order valence-corrected chi connectivity index (χ4v) is 4.08. The fourth-order valence-electron chi connectivity index (χ4n) is 4.08. The first-order valence-corrected chi connectivity index (χ1v) is 8.25. The van der Waals surface area contributed by atoms with Gasteiger partial charge in [0.05, 0.1) is 16.0 Å². The SMILES string of the molecule is CC1(C)CC(Nc2ccc([N+](=O)[O-])c3cccnc23)CC(C)(C)N1. The van der Waals surface area contributed by atoms with Crippen LogP contribution in [-0.4, -0.2) is 27.0 Å². The number of rotatable bonds is 3. The molecule has 1 saturated heterocycles. The second-order valence-electron chi connectivity index (χ2n) is 7.93. The molecular formula is C18H24N4O2. The van der Waals surface area contributed by atoms with Crippen LogP contribution in [0.2, 0.25) is 0 Å². The minimum absolute atomic E-state index is 0.0312. The van der Waals surface area contributed by atoms with Gasteiger partial charge in [-0.3, -0.25) is 15.1 Å². The van der Waals surface area contributed by atoms with Crippen LogP contribution in [0, 0.1) is 10.1 Å². The van der Waals surface area contributed by atoms with Gasteiger partial charge in [-0.1, -0.05) is 0 Å². The van der Waals surface area contributed by atoms with Crippen LogP contribution in [0.15, 0.2) is 30.5 Å². The van der Waals surface area contributed by atoms with Gasteiger partial charge in [-0.2, -0.15) is 0 Å².